The van der Waals surface area contributed by atoms with Crippen LogP contribution in [0.25, 0.3) is 10.9 Å². The number of aromatic amines is 1. The highest BCUT2D eigenvalue weighted by molar-refractivity contribution is 5.77. The van der Waals surface area contributed by atoms with Crippen LogP contribution in [0.3, 0.4) is 0 Å². The molecule has 0 saturated heterocycles. The zero-order chi connectivity index (χ0) is 21.9. The van der Waals surface area contributed by atoms with Crippen LogP contribution in [0.5, 0.6) is 5.75 Å². The van der Waals surface area contributed by atoms with Crippen LogP contribution in [0.2, 0.25) is 0 Å². The lowest BCUT2D eigenvalue weighted by molar-refractivity contribution is -0.0415. The van der Waals surface area contributed by atoms with Crippen molar-refractivity contribution in [1.82, 2.24) is 9.97 Å². The molecule has 2 aliphatic carbocycles. The lowest BCUT2D eigenvalue weighted by Crippen LogP contribution is -2.23. The minimum absolute atomic E-state index is 0.136. The summed E-state index contributed by atoms with van der Waals surface area (Å²) in [6.45, 7) is 0. The van der Waals surface area contributed by atoms with E-state index in [0.717, 1.165) is 6.07 Å². The van der Waals surface area contributed by atoms with Gasteiger partial charge < -0.3 is 9.72 Å². The van der Waals surface area contributed by atoms with Gasteiger partial charge in [-0.05, 0) is 36.8 Å². The highest BCUT2D eigenvalue weighted by atomic mass is 19.3. The van der Waals surface area contributed by atoms with E-state index in [0.29, 0.717) is 22.2 Å². The lowest BCUT2D eigenvalue weighted by atomic mass is 9.80. The fourth-order valence-electron chi connectivity index (χ4n) is 5.65. The maximum Gasteiger partial charge on any atom is 0.251 e. The molecule has 2 aliphatic rings. The molecule has 1 aromatic carbocycles. The minimum Gasteiger partial charge on any atom is -0.493 e. The number of rotatable bonds is 3. The van der Waals surface area contributed by atoms with E-state index in [1.54, 1.807) is 6.07 Å². The largest absolute Gasteiger partial charge is 0.493 e. The normalized spacial score (nSPS) is 26.9. The highest BCUT2D eigenvalue weighted by Gasteiger charge is 2.59. The molecule has 2 saturated carbocycles. The third-order valence-corrected chi connectivity index (χ3v) is 6.97. The minimum atomic E-state index is -2.84. The molecule has 0 spiro atoms. The van der Waals surface area contributed by atoms with E-state index in [1.165, 1.54) is 31.6 Å². The monoisotopic (exact) mass is 432 g/mol. The molecule has 2 aromatic heterocycles. The number of benzene rings is 1. The first-order valence-corrected chi connectivity index (χ1v) is 10.2. The summed E-state index contributed by atoms with van der Waals surface area (Å²) in [6.07, 6.45) is 3.15. The second-order valence-electron chi connectivity index (χ2n) is 8.43. The van der Waals surface area contributed by atoms with E-state index < -0.39 is 41.2 Å². The molecule has 0 bridgehead atoms. The Morgan fingerprint density at radius 3 is 2.81 bits per heavy atom. The van der Waals surface area contributed by atoms with Gasteiger partial charge in [-0.15, -0.1) is 0 Å². The standard InChI is InChI=1S/C23H20F4N2O2/c1-31-22-12(2-3-16(24)21(22)25)20-11-4-6-23(26,27)15(11)8-13(20)18-9-19(30)14-10-28-7-5-17(14)29-18/h2-3,5,7,9-11,13,15,20H,4,6,8H2,1H3,(H,29,30). The zero-order valence-electron chi connectivity index (χ0n) is 16.7. The summed E-state index contributed by atoms with van der Waals surface area (Å²) in [4.78, 5) is 19.8. The fourth-order valence-corrected chi connectivity index (χ4v) is 5.65. The maximum atomic E-state index is 14.7. The van der Waals surface area contributed by atoms with Crippen molar-refractivity contribution in [2.75, 3.05) is 7.11 Å². The summed E-state index contributed by atoms with van der Waals surface area (Å²) in [6, 6.07) is 5.47. The van der Waals surface area contributed by atoms with Gasteiger partial charge in [-0.2, -0.15) is 4.39 Å². The predicted octanol–water partition coefficient (Wildman–Crippen LogP) is 5.14. The molecular weight excluding hydrogens is 412 g/mol. The molecule has 4 unspecified atom stereocenters. The highest BCUT2D eigenvalue weighted by Crippen LogP contribution is 2.63. The molecule has 162 valence electrons. The van der Waals surface area contributed by atoms with Crippen LogP contribution in [0.1, 0.15) is 42.4 Å². The summed E-state index contributed by atoms with van der Waals surface area (Å²) in [5.74, 6) is -7.68. The van der Waals surface area contributed by atoms with Crippen LogP contribution in [0.4, 0.5) is 17.6 Å². The van der Waals surface area contributed by atoms with Gasteiger partial charge in [-0.3, -0.25) is 9.78 Å². The number of ether oxygens (including phenoxy) is 1. The van der Waals surface area contributed by atoms with Crippen molar-refractivity contribution in [3.8, 4) is 5.75 Å². The smallest absolute Gasteiger partial charge is 0.251 e. The van der Waals surface area contributed by atoms with E-state index in [9.17, 15) is 22.4 Å². The van der Waals surface area contributed by atoms with Crippen LogP contribution >= 0.6 is 0 Å². The van der Waals surface area contributed by atoms with Gasteiger partial charge >= 0.3 is 0 Å². The van der Waals surface area contributed by atoms with Crippen molar-refractivity contribution in [3.05, 3.63) is 69.8 Å². The number of fused-ring (bicyclic) bond motifs is 2. The summed E-state index contributed by atoms with van der Waals surface area (Å²) >= 11 is 0. The van der Waals surface area contributed by atoms with Gasteiger partial charge in [0.15, 0.2) is 17.0 Å². The van der Waals surface area contributed by atoms with E-state index >= 15 is 0 Å². The number of alkyl halides is 2. The van der Waals surface area contributed by atoms with E-state index in [1.807, 2.05) is 0 Å². The van der Waals surface area contributed by atoms with E-state index in [-0.39, 0.29) is 30.4 Å². The van der Waals surface area contributed by atoms with Gasteiger partial charge in [-0.1, -0.05) is 6.07 Å². The molecule has 4 atom stereocenters. The molecule has 0 amide bonds. The number of hydrogen-bond donors (Lipinski definition) is 1. The third-order valence-electron chi connectivity index (χ3n) is 6.97. The first-order chi connectivity index (χ1) is 14.8. The van der Waals surface area contributed by atoms with Gasteiger partial charge in [0.25, 0.3) is 5.92 Å². The average Bonchev–Trinajstić information content (AvgIpc) is 3.27. The molecule has 4 nitrogen and oxygen atoms in total. The molecule has 31 heavy (non-hydrogen) atoms. The number of halogens is 4. The Morgan fingerprint density at radius 1 is 1.23 bits per heavy atom. The van der Waals surface area contributed by atoms with Crippen LogP contribution in [-0.4, -0.2) is 23.0 Å². The van der Waals surface area contributed by atoms with E-state index in [2.05, 4.69) is 9.97 Å². The summed E-state index contributed by atoms with van der Waals surface area (Å²) < 4.78 is 62.9. The van der Waals surface area contributed by atoms with Crippen molar-refractivity contribution in [1.29, 1.82) is 0 Å². The Morgan fingerprint density at radius 2 is 2.03 bits per heavy atom. The van der Waals surface area contributed by atoms with Crippen LogP contribution in [-0.2, 0) is 0 Å². The number of nitrogens with zero attached hydrogens (tertiary/aromatic N) is 1. The topological polar surface area (TPSA) is 55.0 Å². The van der Waals surface area contributed by atoms with Crippen molar-refractivity contribution in [2.45, 2.75) is 37.0 Å². The van der Waals surface area contributed by atoms with Crippen LogP contribution in [0, 0.1) is 23.5 Å². The van der Waals surface area contributed by atoms with Crippen LogP contribution in [0.15, 0.2) is 41.5 Å². The molecule has 0 aliphatic heterocycles. The Kier molecular flexibility index (Phi) is 4.57. The van der Waals surface area contributed by atoms with Crippen molar-refractivity contribution >= 4 is 10.9 Å². The van der Waals surface area contributed by atoms with Crippen LogP contribution < -0.4 is 10.2 Å². The first-order valence-electron chi connectivity index (χ1n) is 10.2. The van der Waals surface area contributed by atoms with Crippen molar-refractivity contribution in [2.24, 2.45) is 11.8 Å². The number of aromatic nitrogens is 2. The van der Waals surface area contributed by atoms with Gasteiger partial charge in [0, 0.05) is 48.0 Å². The first kappa shape index (κ1) is 20.0. The van der Waals surface area contributed by atoms with Gasteiger partial charge in [0.05, 0.1) is 18.0 Å². The molecule has 3 aromatic rings. The fraction of sp³-hybridized carbons (Fsp3) is 0.391. The second-order valence-corrected chi connectivity index (χ2v) is 8.43. The Bertz CT molecular complexity index is 1230. The number of methoxy groups -OCH3 is 1. The summed E-state index contributed by atoms with van der Waals surface area (Å²) in [7, 11) is 1.23. The molecule has 2 heterocycles. The predicted molar refractivity (Wildman–Crippen MR) is 107 cm³/mol. The molecule has 0 radical (unpaired) electrons. The Hall–Kier alpha value is -2.90. The number of pyridine rings is 2. The van der Waals surface area contributed by atoms with Gasteiger partial charge in [0.2, 0.25) is 5.82 Å². The molecular formula is C23H20F4N2O2. The van der Waals surface area contributed by atoms with Gasteiger partial charge in [0.1, 0.15) is 0 Å². The Balaban J connectivity index is 1.69. The van der Waals surface area contributed by atoms with Gasteiger partial charge in [-0.25, -0.2) is 13.2 Å². The summed E-state index contributed by atoms with van der Waals surface area (Å²) in [5, 5.41) is 0.400. The molecule has 8 heteroatoms. The zero-order valence-corrected chi connectivity index (χ0v) is 16.7. The number of hydrogen-bond acceptors (Lipinski definition) is 3. The molecule has 2 fully saturated rings. The average molecular weight is 432 g/mol. The lowest BCUT2D eigenvalue weighted by Gasteiger charge is -2.26. The second kappa shape index (κ2) is 7.07. The van der Waals surface area contributed by atoms with Crippen molar-refractivity contribution in [3.63, 3.8) is 0 Å². The Labute approximate surface area is 175 Å². The number of nitrogens with one attached hydrogen (secondary N) is 1. The third kappa shape index (κ3) is 3.03. The SMILES string of the molecule is COc1c(C2C(c3cc(=O)c4cnccc4[nH]3)CC3C2CCC3(F)F)ccc(F)c1F. The molecule has 1 N–H and O–H groups in total. The maximum absolute atomic E-state index is 14.7. The number of H-pyrrole nitrogens is 1. The summed E-state index contributed by atoms with van der Waals surface area (Å²) in [5.41, 5.74) is 1.15. The molecule has 5 rings (SSSR count). The quantitative estimate of drug-likeness (QED) is 0.583. The van der Waals surface area contributed by atoms with Crippen molar-refractivity contribution < 1.29 is 22.3 Å². The van der Waals surface area contributed by atoms with E-state index in [4.69, 9.17) is 4.74 Å².